The Morgan fingerprint density at radius 2 is 0.875 bits per heavy atom. The minimum atomic E-state index is -1.67. The topological polar surface area (TPSA) is 143 Å². The number of aliphatic hydroxyl groups excluding tert-OH is 1. The molecule has 1 N–H and O–H groups in total. The summed E-state index contributed by atoms with van der Waals surface area (Å²) in [6.07, 6.45) is 0. The van der Waals surface area contributed by atoms with Gasteiger partial charge in [0.05, 0.1) is 55.3 Å². The molecule has 0 saturated carbocycles. The standard InChI is InChI=1S/C13H15ClO4.C13H16O5.Cl2OS/c2*1-3-17-12(15)10-5-9(8-14)6-11(7-10)13(16)18-4-2;1-4(2)3/h5-7H,3-4,8H2,1-2H3;5-7,14H,3-4,8H2,1-2H3;. The van der Waals surface area contributed by atoms with E-state index in [1.807, 2.05) is 0 Å². The van der Waals surface area contributed by atoms with E-state index in [0.29, 0.717) is 22.3 Å². The van der Waals surface area contributed by atoms with Crippen molar-refractivity contribution in [3.05, 3.63) is 69.8 Å². The van der Waals surface area contributed by atoms with Crippen molar-refractivity contribution in [2.75, 3.05) is 26.4 Å². The summed E-state index contributed by atoms with van der Waals surface area (Å²) >= 11 is 5.73. The Kier molecular flexibility index (Phi) is 19.7. The van der Waals surface area contributed by atoms with E-state index in [1.54, 1.807) is 39.8 Å². The molecule has 10 nitrogen and oxygen atoms in total. The van der Waals surface area contributed by atoms with Crippen molar-refractivity contribution in [2.24, 2.45) is 0 Å². The molecule has 2 rings (SSSR count). The molecule has 0 spiro atoms. The molecule has 0 bridgehead atoms. The number of esters is 4. The molecule has 0 saturated heterocycles. The molecule has 0 fully saturated rings. The van der Waals surface area contributed by atoms with Crippen LogP contribution in [-0.2, 0) is 40.7 Å². The van der Waals surface area contributed by atoms with Crippen LogP contribution in [0.2, 0.25) is 0 Å². The number of hydrogen-bond donors (Lipinski definition) is 1. The van der Waals surface area contributed by atoms with Crippen molar-refractivity contribution >= 4 is 66.1 Å². The summed E-state index contributed by atoms with van der Waals surface area (Å²) in [5.74, 6) is -1.80. The first kappa shape index (κ1) is 37.3. The number of carbonyl (C=O) groups excluding carboxylic acids is 4. The molecular weight excluding hydrogens is 611 g/mol. The number of carbonyl (C=O) groups is 4. The number of benzene rings is 2. The zero-order chi connectivity index (χ0) is 30.7. The van der Waals surface area contributed by atoms with Gasteiger partial charge in [0.15, 0.2) is 0 Å². The van der Waals surface area contributed by atoms with Crippen molar-refractivity contribution in [1.82, 2.24) is 0 Å². The number of aliphatic hydroxyl groups is 1. The second-order valence-corrected chi connectivity index (χ2v) is 9.99. The van der Waals surface area contributed by atoms with Crippen LogP contribution in [0.15, 0.2) is 36.4 Å². The molecule has 14 heteroatoms. The second kappa shape index (κ2) is 21.1. The highest BCUT2D eigenvalue weighted by Crippen LogP contribution is 2.15. The number of ether oxygens (including phenoxy) is 4. The third-order valence-electron chi connectivity index (χ3n) is 4.37. The van der Waals surface area contributed by atoms with Crippen molar-refractivity contribution in [3.63, 3.8) is 0 Å². The molecule has 0 radical (unpaired) electrons. The minimum absolute atomic E-state index is 0.208. The van der Waals surface area contributed by atoms with Crippen LogP contribution in [0, 0.1) is 0 Å². The fourth-order valence-corrected chi connectivity index (χ4v) is 3.04. The van der Waals surface area contributed by atoms with Gasteiger partial charge < -0.3 is 24.1 Å². The Labute approximate surface area is 249 Å². The molecule has 40 heavy (non-hydrogen) atoms. The molecule has 0 aromatic heterocycles. The Balaban J connectivity index is 0.000000671. The lowest BCUT2D eigenvalue weighted by molar-refractivity contribution is 0.0506. The molecule has 2 aromatic carbocycles. The quantitative estimate of drug-likeness (QED) is 0.156. The smallest absolute Gasteiger partial charge is 0.338 e. The summed E-state index contributed by atoms with van der Waals surface area (Å²) < 4.78 is 28.6. The maximum absolute atomic E-state index is 11.6. The molecule has 0 amide bonds. The second-order valence-electron chi connectivity index (χ2n) is 7.20. The Hall–Kier alpha value is -2.70. The molecule has 0 heterocycles. The number of hydrogen-bond acceptors (Lipinski definition) is 10. The lowest BCUT2D eigenvalue weighted by atomic mass is 10.1. The zero-order valence-corrected chi connectivity index (χ0v) is 25.5. The minimum Gasteiger partial charge on any atom is -0.462 e. The van der Waals surface area contributed by atoms with E-state index < -0.39 is 33.1 Å². The highest BCUT2D eigenvalue weighted by atomic mass is 36.0. The monoisotopic (exact) mass is 640 g/mol. The maximum Gasteiger partial charge on any atom is 0.338 e. The summed E-state index contributed by atoms with van der Waals surface area (Å²) in [5, 5.41) is 9.11. The van der Waals surface area contributed by atoms with Crippen LogP contribution >= 0.6 is 33.0 Å². The molecule has 0 aliphatic rings. The van der Waals surface area contributed by atoms with E-state index in [-0.39, 0.29) is 50.0 Å². The van der Waals surface area contributed by atoms with Gasteiger partial charge in [-0.3, -0.25) is 0 Å². The third-order valence-corrected chi connectivity index (χ3v) is 4.68. The first-order chi connectivity index (χ1) is 19.0. The normalized spacial score (nSPS) is 9.82. The average Bonchev–Trinajstić information content (AvgIpc) is 2.93. The van der Waals surface area contributed by atoms with Crippen LogP contribution in [0.25, 0.3) is 0 Å². The van der Waals surface area contributed by atoms with Crippen LogP contribution in [0.4, 0.5) is 0 Å². The van der Waals surface area contributed by atoms with Crippen LogP contribution in [-0.4, -0.2) is 59.6 Å². The Morgan fingerprint density at radius 1 is 0.625 bits per heavy atom. The highest BCUT2D eigenvalue weighted by molar-refractivity contribution is 8.26. The molecule has 0 unspecified atom stereocenters. The summed E-state index contributed by atoms with van der Waals surface area (Å²) in [5.41, 5.74) is 2.20. The van der Waals surface area contributed by atoms with Gasteiger partial charge in [0, 0.05) is 27.2 Å². The Bertz CT molecular complexity index is 998. The van der Waals surface area contributed by atoms with Crippen molar-refractivity contribution in [3.8, 4) is 0 Å². The first-order valence-electron chi connectivity index (χ1n) is 11.8. The average molecular weight is 642 g/mol. The van der Waals surface area contributed by atoms with Crippen molar-refractivity contribution in [2.45, 2.75) is 40.2 Å². The lowest BCUT2D eigenvalue weighted by Crippen LogP contribution is -2.10. The zero-order valence-electron chi connectivity index (χ0n) is 22.4. The SMILES string of the molecule is CCOC(=O)c1cc(CCl)cc(C(=O)OCC)c1.CCOC(=O)c1cc(CO)cc(C(=O)OCC)c1.O=S(Cl)Cl. The van der Waals surface area contributed by atoms with Crippen LogP contribution in [0.1, 0.15) is 80.3 Å². The lowest BCUT2D eigenvalue weighted by Gasteiger charge is -2.07. The summed E-state index contributed by atoms with van der Waals surface area (Å²) in [4.78, 5) is 46.4. The predicted octanol–water partition coefficient (Wildman–Crippen LogP) is 5.35. The van der Waals surface area contributed by atoms with Gasteiger partial charge in [-0.15, -0.1) is 11.6 Å². The van der Waals surface area contributed by atoms with Gasteiger partial charge in [-0.2, -0.15) is 0 Å². The van der Waals surface area contributed by atoms with Crippen LogP contribution in [0.5, 0.6) is 0 Å². The maximum atomic E-state index is 11.6. The van der Waals surface area contributed by atoms with Crippen LogP contribution < -0.4 is 0 Å². The number of alkyl halides is 1. The van der Waals surface area contributed by atoms with Gasteiger partial charge in [-0.1, -0.05) is 0 Å². The van der Waals surface area contributed by atoms with E-state index in [1.165, 1.54) is 24.3 Å². The predicted molar refractivity (Wildman–Crippen MR) is 152 cm³/mol. The molecule has 2 aromatic rings. The van der Waals surface area contributed by atoms with E-state index >= 15 is 0 Å². The number of halogens is 3. The van der Waals surface area contributed by atoms with Crippen molar-refractivity contribution in [1.29, 1.82) is 0 Å². The largest absolute Gasteiger partial charge is 0.462 e. The summed E-state index contributed by atoms with van der Waals surface area (Å²) in [6.45, 7) is 7.61. The van der Waals surface area contributed by atoms with E-state index in [4.69, 9.17) is 39.9 Å². The fraction of sp³-hybridized carbons (Fsp3) is 0.385. The molecule has 0 aliphatic heterocycles. The molecule has 222 valence electrons. The van der Waals surface area contributed by atoms with Gasteiger partial charge in [0.25, 0.3) is 0 Å². The highest BCUT2D eigenvalue weighted by Gasteiger charge is 2.15. The molecule has 0 aliphatic carbocycles. The van der Waals surface area contributed by atoms with Crippen LogP contribution in [0.3, 0.4) is 0 Å². The third kappa shape index (κ3) is 14.6. The van der Waals surface area contributed by atoms with Gasteiger partial charge >= 0.3 is 23.9 Å². The van der Waals surface area contributed by atoms with E-state index in [2.05, 4.69) is 21.4 Å². The first-order valence-corrected chi connectivity index (χ1v) is 15.2. The van der Waals surface area contributed by atoms with E-state index in [9.17, 15) is 19.2 Å². The van der Waals surface area contributed by atoms with Gasteiger partial charge in [0.2, 0.25) is 9.23 Å². The van der Waals surface area contributed by atoms with Gasteiger partial charge in [0.1, 0.15) is 0 Å². The van der Waals surface area contributed by atoms with Gasteiger partial charge in [-0.25, -0.2) is 23.4 Å². The molecule has 0 atom stereocenters. The summed E-state index contributed by atoms with van der Waals surface area (Å²) in [6, 6.07) is 9.03. The van der Waals surface area contributed by atoms with Crippen molar-refractivity contribution < 1.29 is 47.4 Å². The summed E-state index contributed by atoms with van der Waals surface area (Å²) in [7, 11) is 7.36. The van der Waals surface area contributed by atoms with Gasteiger partial charge in [-0.05, 0) is 75.2 Å². The molecular formula is C26H31Cl3O10S. The number of rotatable bonds is 10. The van der Waals surface area contributed by atoms with E-state index in [0.717, 1.165) is 0 Å². The Morgan fingerprint density at radius 3 is 1.07 bits per heavy atom. The fourth-order valence-electron chi connectivity index (χ4n) is 2.88.